The number of fused-ring (bicyclic) bond motifs is 1. The maximum absolute atomic E-state index is 12.8. The number of hydrogen-bond donors (Lipinski definition) is 1. The van der Waals surface area contributed by atoms with Gasteiger partial charge in [0.1, 0.15) is 0 Å². The Balaban J connectivity index is 1.34. The van der Waals surface area contributed by atoms with Crippen LogP contribution in [0.1, 0.15) is 24.0 Å². The van der Waals surface area contributed by atoms with E-state index < -0.39 is 25.8 Å². The molecule has 33 heavy (non-hydrogen) atoms. The number of anilines is 1. The van der Waals surface area contributed by atoms with Crippen LogP contribution in [0.2, 0.25) is 0 Å². The number of amides is 1. The van der Waals surface area contributed by atoms with Crippen molar-refractivity contribution < 1.29 is 21.6 Å². The minimum Gasteiger partial charge on any atom is -0.326 e. The van der Waals surface area contributed by atoms with Gasteiger partial charge in [-0.25, -0.2) is 16.8 Å². The lowest BCUT2D eigenvalue weighted by Crippen LogP contribution is -2.46. The van der Waals surface area contributed by atoms with E-state index in [9.17, 15) is 21.6 Å². The van der Waals surface area contributed by atoms with Crippen molar-refractivity contribution in [3.63, 3.8) is 0 Å². The Bertz CT molecular complexity index is 1230. The lowest BCUT2D eigenvalue weighted by molar-refractivity contribution is -0.115. The standard InChI is InChI=1S/C23H29N3O5S2/c1-25-12-14-26(15-13-25)33(30,31)21-9-6-20(7-10-21)24-23(27)11-16-32(28,29)22-8-5-18-3-2-4-19(18)17-22/h5-10,17H,2-4,11-16H2,1H3,(H,24,27). The van der Waals surface area contributed by atoms with Crippen molar-refractivity contribution in [3.8, 4) is 0 Å². The number of rotatable bonds is 7. The number of likely N-dealkylation sites (N-methyl/N-ethyl adjacent to an activating group) is 1. The monoisotopic (exact) mass is 491 g/mol. The maximum Gasteiger partial charge on any atom is 0.243 e. The molecule has 0 radical (unpaired) electrons. The molecular formula is C23H29N3O5S2. The van der Waals surface area contributed by atoms with Crippen LogP contribution in [0.5, 0.6) is 0 Å². The molecule has 2 aromatic carbocycles. The first-order valence-corrected chi connectivity index (χ1v) is 14.2. The summed E-state index contributed by atoms with van der Waals surface area (Å²) in [5, 5.41) is 2.65. The van der Waals surface area contributed by atoms with Crippen LogP contribution in [0.15, 0.2) is 52.3 Å². The Kier molecular flexibility index (Phi) is 6.90. The fourth-order valence-corrected chi connectivity index (χ4v) is 6.91. The summed E-state index contributed by atoms with van der Waals surface area (Å²) in [4.78, 5) is 14.8. The molecule has 1 heterocycles. The number of nitrogens with one attached hydrogen (secondary N) is 1. The number of sulfone groups is 1. The molecule has 1 saturated heterocycles. The topological polar surface area (TPSA) is 104 Å². The number of aryl methyl sites for hydroxylation is 2. The molecule has 4 rings (SSSR count). The summed E-state index contributed by atoms with van der Waals surface area (Å²) in [5.74, 6) is -0.720. The molecule has 8 nitrogen and oxygen atoms in total. The molecule has 0 atom stereocenters. The lowest BCUT2D eigenvalue weighted by atomic mass is 10.1. The molecule has 1 fully saturated rings. The smallest absolute Gasteiger partial charge is 0.243 e. The number of carbonyl (C=O) groups excluding carboxylic acids is 1. The zero-order chi connectivity index (χ0) is 23.6. The van der Waals surface area contributed by atoms with Crippen molar-refractivity contribution in [2.45, 2.75) is 35.5 Å². The van der Waals surface area contributed by atoms with E-state index >= 15 is 0 Å². The SMILES string of the molecule is CN1CCN(S(=O)(=O)c2ccc(NC(=O)CCS(=O)(=O)c3ccc4c(c3)CCC4)cc2)CC1. The molecule has 1 N–H and O–H groups in total. The van der Waals surface area contributed by atoms with Gasteiger partial charge >= 0.3 is 0 Å². The summed E-state index contributed by atoms with van der Waals surface area (Å²) < 4.78 is 52.4. The molecule has 1 aliphatic heterocycles. The fourth-order valence-electron chi connectivity index (χ4n) is 4.20. The van der Waals surface area contributed by atoms with Crippen molar-refractivity contribution in [3.05, 3.63) is 53.6 Å². The van der Waals surface area contributed by atoms with Crippen LogP contribution in [-0.4, -0.2) is 70.9 Å². The van der Waals surface area contributed by atoms with Crippen molar-refractivity contribution in [1.82, 2.24) is 9.21 Å². The van der Waals surface area contributed by atoms with Crippen molar-refractivity contribution >= 4 is 31.5 Å². The number of piperazine rings is 1. The third-order valence-corrected chi connectivity index (χ3v) is 9.89. The largest absolute Gasteiger partial charge is 0.326 e. The van der Waals surface area contributed by atoms with Crippen LogP contribution in [-0.2, 0) is 37.5 Å². The third kappa shape index (κ3) is 5.46. The highest BCUT2D eigenvalue weighted by Gasteiger charge is 2.27. The summed E-state index contributed by atoms with van der Waals surface area (Å²) in [6, 6.07) is 11.2. The van der Waals surface area contributed by atoms with E-state index in [2.05, 4.69) is 10.2 Å². The normalized spacial score (nSPS) is 17.6. The summed E-state index contributed by atoms with van der Waals surface area (Å²) in [7, 11) is -5.18. The highest BCUT2D eigenvalue weighted by Crippen LogP contribution is 2.25. The summed E-state index contributed by atoms with van der Waals surface area (Å²) in [6.07, 6.45) is 2.73. The zero-order valence-corrected chi connectivity index (χ0v) is 20.3. The maximum atomic E-state index is 12.8. The quantitative estimate of drug-likeness (QED) is 0.635. The molecule has 1 aliphatic carbocycles. The van der Waals surface area contributed by atoms with Gasteiger partial charge in [0.2, 0.25) is 15.9 Å². The predicted molar refractivity (Wildman–Crippen MR) is 126 cm³/mol. The van der Waals surface area contributed by atoms with E-state index in [1.165, 1.54) is 34.1 Å². The first kappa shape index (κ1) is 23.9. The van der Waals surface area contributed by atoms with Gasteiger partial charge in [-0.05, 0) is 73.8 Å². The Morgan fingerprint density at radius 2 is 1.52 bits per heavy atom. The predicted octanol–water partition coefficient (Wildman–Crippen LogP) is 1.91. The minimum atomic E-state index is -3.58. The highest BCUT2D eigenvalue weighted by molar-refractivity contribution is 7.91. The number of nitrogens with zero attached hydrogens (tertiary/aromatic N) is 2. The van der Waals surface area contributed by atoms with Crippen LogP contribution < -0.4 is 5.32 Å². The highest BCUT2D eigenvalue weighted by atomic mass is 32.2. The zero-order valence-electron chi connectivity index (χ0n) is 18.7. The number of benzene rings is 2. The fraction of sp³-hybridized carbons (Fsp3) is 0.435. The van der Waals surface area contributed by atoms with Crippen LogP contribution in [0, 0.1) is 0 Å². The second-order valence-corrected chi connectivity index (χ2v) is 12.7. The lowest BCUT2D eigenvalue weighted by Gasteiger charge is -2.31. The van der Waals surface area contributed by atoms with Gasteiger partial charge in [-0.3, -0.25) is 4.79 Å². The van der Waals surface area contributed by atoms with Crippen molar-refractivity contribution in [2.24, 2.45) is 0 Å². The number of hydrogen-bond acceptors (Lipinski definition) is 6. The van der Waals surface area contributed by atoms with E-state index in [4.69, 9.17) is 0 Å². The molecule has 0 spiro atoms. The second kappa shape index (κ2) is 9.54. The molecular weight excluding hydrogens is 462 g/mol. The average Bonchev–Trinajstić information content (AvgIpc) is 3.26. The van der Waals surface area contributed by atoms with Gasteiger partial charge in [-0.15, -0.1) is 0 Å². The minimum absolute atomic E-state index is 0.171. The van der Waals surface area contributed by atoms with Crippen LogP contribution in [0.3, 0.4) is 0 Å². The molecule has 0 bridgehead atoms. The number of sulfonamides is 1. The van der Waals surface area contributed by atoms with Gasteiger partial charge in [0.05, 0.1) is 15.5 Å². The molecule has 0 unspecified atom stereocenters. The molecule has 0 aromatic heterocycles. The van der Waals surface area contributed by atoms with Gasteiger partial charge in [0, 0.05) is 38.3 Å². The van der Waals surface area contributed by atoms with E-state index in [0.717, 1.165) is 24.8 Å². The van der Waals surface area contributed by atoms with Gasteiger partial charge in [0.25, 0.3) is 0 Å². The first-order chi connectivity index (χ1) is 15.6. The second-order valence-electron chi connectivity index (χ2n) is 8.63. The van der Waals surface area contributed by atoms with Crippen molar-refractivity contribution in [2.75, 3.05) is 44.3 Å². The van der Waals surface area contributed by atoms with E-state index in [-0.39, 0.29) is 22.0 Å². The van der Waals surface area contributed by atoms with Gasteiger partial charge in [-0.1, -0.05) is 6.07 Å². The molecule has 178 valence electrons. The summed E-state index contributed by atoms with van der Waals surface area (Å²) >= 11 is 0. The molecule has 2 aromatic rings. The van der Waals surface area contributed by atoms with Gasteiger partial charge in [-0.2, -0.15) is 4.31 Å². The summed E-state index contributed by atoms with van der Waals surface area (Å²) in [5.41, 5.74) is 2.70. The third-order valence-electron chi connectivity index (χ3n) is 6.27. The Morgan fingerprint density at radius 3 is 2.21 bits per heavy atom. The van der Waals surface area contributed by atoms with Gasteiger partial charge in [0.15, 0.2) is 9.84 Å². The van der Waals surface area contributed by atoms with E-state index in [1.807, 2.05) is 13.1 Å². The summed E-state index contributed by atoms with van der Waals surface area (Å²) in [6.45, 7) is 2.25. The van der Waals surface area contributed by atoms with E-state index in [0.29, 0.717) is 31.9 Å². The van der Waals surface area contributed by atoms with Crippen molar-refractivity contribution in [1.29, 1.82) is 0 Å². The Labute approximate surface area is 195 Å². The van der Waals surface area contributed by atoms with Crippen LogP contribution in [0.4, 0.5) is 5.69 Å². The average molecular weight is 492 g/mol. The molecule has 0 saturated carbocycles. The number of carbonyl (C=O) groups is 1. The first-order valence-electron chi connectivity index (χ1n) is 11.1. The van der Waals surface area contributed by atoms with Gasteiger partial charge < -0.3 is 10.2 Å². The Morgan fingerprint density at radius 1 is 0.879 bits per heavy atom. The van der Waals surface area contributed by atoms with E-state index in [1.54, 1.807) is 12.1 Å². The van der Waals surface area contributed by atoms with Crippen LogP contribution >= 0.6 is 0 Å². The van der Waals surface area contributed by atoms with Crippen LogP contribution in [0.25, 0.3) is 0 Å². The molecule has 10 heteroatoms. The molecule has 1 amide bonds. The Hall–Kier alpha value is -2.27. The molecule has 2 aliphatic rings.